The molecule has 0 aliphatic carbocycles. The van der Waals surface area contributed by atoms with E-state index >= 15 is 0 Å². The molecule has 0 aliphatic rings. The van der Waals surface area contributed by atoms with E-state index in [1.54, 1.807) is 12.1 Å². The molecular weight excluding hydrogens is 311 g/mol. The molecule has 0 bridgehead atoms. The highest BCUT2D eigenvalue weighted by molar-refractivity contribution is 7.98. The van der Waals surface area contributed by atoms with Crippen LogP contribution in [0.15, 0.2) is 53.7 Å². The van der Waals surface area contributed by atoms with Crippen molar-refractivity contribution >= 4 is 23.4 Å². The van der Waals surface area contributed by atoms with E-state index in [4.69, 9.17) is 0 Å². The van der Waals surface area contributed by atoms with Crippen LogP contribution in [0.1, 0.15) is 18.1 Å². The topological polar surface area (TPSA) is 53.6 Å². The van der Waals surface area contributed by atoms with Crippen LogP contribution in [0.2, 0.25) is 0 Å². The Morgan fingerprint density at radius 1 is 1.09 bits per heavy atom. The van der Waals surface area contributed by atoms with E-state index in [9.17, 15) is 4.39 Å². The largest absolute Gasteiger partial charge is 0.324 e. The number of nitrogens with one attached hydrogen (secondary N) is 2. The van der Waals surface area contributed by atoms with Gasteiger partial charge in [0, 0.05) is 11.4 Å². The summed E-state index contributed by atoms with van der Waals surface area (Å²) >= 11 is 1.40. The zero-order chi connectivity index (χ0) is 16.1. The maximum absolute atomic E-state index is 13.6. The van der Waals surface area contributed by atoms with Crippen molar-refractivity contribution in [1.29, 1.82) is 0 Å². The average molecular weight is 328 g/mol. The molecule has 2 aromatic carbocycles. The fourth-order valence-electron chi connectivity index (χ4n) is 2.20. The molecule has 3 rings (SSSR count). The van der Waals surface area contributed by atoms with Gasteiger partial charge in [-0.3, -0.25) is 0 Å². The summed E-state index contributed by atoms with van der Waals surface area (Å²) in [4.78, 5) is 4.39. The first-order valence-corrected chi connectivity index (χ1v) is 8.38. The zero-order valence-electron chi connectivity index (χ0n) is 12.7. The van der Waals surface area contributed by atoms with E-state index in [2.05, 4.69) is 33.5 Å². The summed E-state index contributed by atoms with van der Waals surface area (Å²) in [5.41, 5.74) is 2.87. The zero-order valence-corrected chi connectivity index (χ0v) is 13.5. The standard InChI is InChI=1S/C17H17FN4S/c1-2-12-7-4-6-10-15(12)19-16-20-17(22-21-16)23-11-13-8-3-5-9-14(13)18/h3-10H,2,11H2,1H3,(H2,19,20,21,22). The van der Waals surface area contributed by atoms with E-state index in [1.807, 2.05) is 24.3 Å². The minimum Gasteiger partial charge on any atom is -0.324 e. The van der Waals surface area contributed by atoms with Gasteiger partial charge in [0.15, 0.2) is 0 Å². The van der Waals surface area contributed by atoms with Gasteiger partial charge in [-0.2, -0.15) is 4.98 Å². The number of anilines is 2. The summed E-state index contributed by atoms with van der Waals surface area (Å²) in [5, 5.41) is 10.8. The molecule has 1 aromatic heterocycles. The van der Waals surface area contributed by atoms with Crippen molar-refractivity contribution in [3.8, 4) is 0 Å². The lowest BCUT2D eigenvalue weighted by molar-refractivity contribution is 0.617. The number of benzene rings is 2. The molecule has 0 unspecified atom stereocenters. The molecule has 0 spiro atoms. The van der Waals surface area contributed by atoms with Gasteiger partial charge in [0.25, 0.3) is 0 Å². The lowest BCUT2D eigenvalue weighted by Gasteiger charge is -2.07. The van der Waals surface area contributed by atoms with Crippen molar-refractivity contribution < 1.29 is 4.39 Å². The van der Waals surface area contributed by atoms with Crippen LogP contribution in [0.4, 0.5) is 16.0 Å². The van der Waals surface area contributed by atoms with Crippen molar-refractivity contribution in [2.75, 3.05) is 5.32 Å². The van der Waals surface area contributed by atoms with Gasteiger partial charge in [0.05, 0.1) is 0 Å². The lowest BCUT2D eigenvalue weighted by Crippen LogP contribution is -1.96. The first kappa shape index (κ1) is 15.6. The molecule has 0 saturated heterocycles. The molecule has 4 nitrogen and oxygen atoms in total. The molecule has 0 saturated carbocycles. The normalized spacial score (nSPS) is 10.7. The Kier molecular flexibility index (Phi) is 4.92. The van der Waals surface area contributed by atoms with Crippen molar-refractivity contribution in [3.63, 3.8) is 0 Å². The average Bonchev–Trinajstić information content (AvgIpc) is 3.02. The summed E-state index contributed by atoms with van der Waals surface area (Å²) in [6.45, 7) is 2.11. The van der Waals surface area contributed by atoms with Crippen LogP contribution in [0.5, 0.6) is 0 Å². The Morgan fingerprint density at radius 2 is 1.83 bits per heavy atom. The first-order chi connectivity index (χ1) is 11.3. The van der Waals surface area contributed by atoms with Crippen LogP contribution in [0, 0.1) is 5.82 Å². The molecule has 0 aliphatic heterocycles. The molecule has 0 fully saturated rings. The molecule has 0 atom stereocenters. The molecular formula is C17H17FN4S. The number of thioether (sulfide) groups is 1. The van der Waals surface area contributed by atoms with Crippen LogP contribution in [0.25, 0.3) is 0 Å². The van der Waals surface area contributed by atoms with E-state index in [0.717, 1.165) is 12.1 Å². The predicted octanol–water partition coefficient (Wildman–Crippen LogP) is 4.54. The Labute approximate surface area is 138 Å². The minimum atomic E-state index is -0.203. The fourth-order valence-corrected chi connectivity index (χ4v) is 2.99. The van der Waals surface area contributed by atoms with Crippen molar-refractivity contribution in [2.45, 2.75) is 24.3 Å². The number of halogens is 1. The minimum absolute atomic E-state index is 0.203. The number of aromatic amines is 1. The third-order valence-corrected chi connectivity index (χ3v) is 4.33. The van der Waals surface area contributed by atoms with Crippen LogP contribution in [-0.2, 0) is 12.2 Å². The molecule has 0 amide bonds. The fraction of sp³-hybridized carbons (Fsp3) is 0.176. The number of hydrogen-bond acceptors (Lipinski definition) is 4. The molecule has 3 aromatic rings. The van der Waals surface area contributed by atoms with Crippen molar-refractivity contribution in [3.05, 3.63) is 65.5 Å². The Balaban J connectivity index is 1.65. The number of nitrogens with zero attached hydrogens (tertiary/aromatic N) is 2. The van der Waals surface area contributed by atoms with Crippen LogP contribution < -0.4 is 5.32 Å². The van der Waals surface area contributed by atoms with Crippen LogP contribution in [-0.4, -0.2) is 15.2 Å². The maximum atomic E-state index is 13.6. The maximum Gasteiger partial charge on any atom is 0.223 e. The van der Waals surface area contributed by atoms with E-state index < -0.39 is 0 Å². The number of para-hydroxylation sites is 1. The van der Waals surface area contributed by atoms with Gasteiger partial charge in [-0.25, -0.2) is 9.49 Å². The van der Waals surface area contributed by atoms with Gasteiger partial charge in [-0.05, 0) is 29.7 Å². The van der Waals surface area contributed by atoms with E-state index in [-0.39, 0.29) is 5.82 Å². The monoisotopic (exact) mass is 328 g/mol. The summed E-state index contributed by atoms with van der Waals surface area (Å²) < 4.78 is 13.6. The van der Waals surface area contributed by atoms with Crippen molar-refractivity contribution in [1.82, 2.24) is 15.2 Å². The second-order valence-corrected chi connectivity index (χ2v) is 5.92. The first-order valence-electron chi connectivity index (χ1n) is 7.40. The van der Waals surface area contributed by atoms with Gasteiger partial charge in [-0.15, -0.1) is 5.10 Å². The van der Waals surface area contributed by atoms with Gasteiger partial charge >= 0.3 is 0 Å². The van der Waals surface area contributed by atoms with Crippen molar-refractivity contribution in [2.24, 2.45) is 0 Å². The Hall–Kier alpha value is -2.34. The summed E-state index contributed by atoms with van der Waals surface area (Å²) in [7, 11) is 0. The third-order valence-electron chi connectivity index (χ3n) is 3.43. The summed E-state index contributed by atoms with van der Waals surface area (Å²) in [6.07, 6.45) is 0.937. The molecule has 6 heteroatoms. The number of H-pyrrole nitrogens is 1. The Bertz CT molecular complexity index is 788. The number of aryl methyl sites for hydroxylation is 1. The molecule has 23 heavy (non-hydrogen) atoms. The molecule has 118 valence electrons. The van der Waals surface area contributed by atoms with Gasteiger partial charge < -0.3 is 5.32 Å². The molecule has 0 radical (unpaired) electrons. The van der Waals surface area contributed by atoms with Gasteiger partial charge in [-0.1, -0.05) is 55.1 Å². The second-order valence-electron chi connectivity index (χ2n) is 4.98. The highest BCUT2D eigenvalue weighted by atomic mass is 32.2. The SMILES string of the molecule is CCc1ccccc1Nc1nc(SCc2ccccc2F)n[nH]1. The molecule has 2 N–H and O–H groups in total. The van der Waals surface area contributed by atoms with Gasteiger partial charge in [0.2, 0.25) is 11.1 Å². The summed E-state index contributed by atoms with van der Waals surface area (Å²) in [5.74, 6) is 0.878. The Morgan fingerprint density at radius 3 is 2.61 bits per heavy atom. The van der Waals surface area contributed by atoms with E-state index in [1.165, 1.54) is 23.4 Å². The van der Waals surface area contributed by atoms with Crippen LogP contribution in [0.3, 0.4) is 0 Å². The second kappa shape index (κ2) is 7.28. The summed E-state index contributed by atoms with van der Waals surface area (Å²) in [6, 6.07) is 14.8. The third kappa shape index (κ3) is 3.90. The number of hydrogen-bond donors (Lipinski definition) is 2. The lowest BCUT2D eigenvalue weighted by atomic mass is 10.1. The highest BCUT2D eigenvalue weighted by Gasteiger charge is 2.08. The number of rotatable bonds is 6. The predicted molar refractivity (Wildman–Crippen MR) is 91.4 cm³/mol. The number of aromatic nitrogens is 3. The highest BCUT2D eigenvalue weighted by Crippen LogP contribution is 2.23. The van der Waals surface area contributed by atoms with Crippen LogP contribution >= 0.6 is 11.8 Å². The smallest absolute Gasteiger partial charge is 0.223 e. The quantitative estimate of drug-likeness (QED) is 0.652. The van der Waals surface area contributed by atoms with E-state index in [0.29, 0.717) is 22.4 Å². The molecule has 1 heterocycles. The van der Waals surface area contributed by atoms with Gasteiger partial charge in [0.1, 0.15) is 5.82 Å².